The number of unbranched alkanes of at least 4 members (excludes halogenated alkanes) is 1. The fourth-order valence-corrected chi connectivity index (χ4v) is 3.56. The van der Waals surface area contributed by atoms with E-state index in [2.05, 4.69) is 32.6 Å². The zero-order chi connectivity index (χ0) is 17.8. The number of carbonyl (C=O) groups excluding carboxylic acids is 1. The predicted molar refractivity (Wildman–Crippen MR) is 96.5 cm³/mol. The lowest BCUT2D eigenvalue weighted by Gasteiger charge is -2.32. The molecule has 1 saturated heterocycles. The first kappa shape index (κ1) is 17.6. The highest BCUT2D eigenvalue weighted by Crippen LogP contribution is 2.27. The Bertz CT molecular complexity index is 719. The maximum absolute atomic E-state index is 12.9. The van der Waals surface area contributed by atoms with Gasteiger partial charge in [-0.1, -0.05) is 13.3 Å². The molecule has 1 amide bonds. The van der Waals surface area contributed by atoms with Gasteiger partial charge in [-0.05, 0) is 39.2 Å². The fraction of sp³-hybridized carbons (Fsp3) is 0.579. The number of likely N-dealkylation sites (tertiary alicyclic amines) is 1. The van der Waals surface area contributed by atoms with Gasteiger partial charge in [-0.2, -0.15) is 0 Å². The van der Waals surface area contributed by atoms with Gasteiger partial charge in [-0.25, -0.2) is 15.0 Å². The van der Waals surface area contributed by atoms with E-state index in [1.165, 1.54) is 6.42 Å². The molecule has 3 rings (SSSR count). The lowest BCUT2D eigenvalue weighted by atomic mass is 9.96. The molecule has 1 aliphatic rings. The number of imidazole rings is 1. The van der Waals surface area contributed by atoms with Gasteiger partial charge in [0.15, 0.2) is 0 Å². The molecule has 134 valence electrons. The molecule has 6 heteroatoms. The van der Waals surface area contributed by atoms with E-state index in [0.717, 1.165) is 43.9 Å². The van der Waals surface area contributed by atoms with Crippen molar-refractivity contribution in [2.24, 2.45) is 0 Å². The molecule has 0 radical (unpaired) electrons. The SMILES string of the molecule is CCCCn1ccnc1C1CCCN(C(=O)c2cc(C)nc(C)n2)C1. The molecule has 1 atom stereocenters. The molecule has 1 fully saturated rings. The summed E-state index contributed by atoms with van der Waals surface area (Å²) in [5.41, 5.74) is 1.33. The second kappa shape index (κ2) is 7.76. The van der Waals surface area contributed by atoms with Crippen LogP contribution >= 0.6 is 0 Å². The topological polar surface area (TPSA) is 63.9 Å². The Morgan fingerprint density at radius 2 is 2.16 bits per heavy atom. The first-order chi connectivity index (χ1) is 12.1. The minimum atomic E-state index is 0.00460. The van der Waals surface area contributed by atoms with Gasteiger partial charge in [-0.3, -0.25) is 4.79 Å². The summed E-state index contributed by atoms with van der Waals surface area (Å²) in [7, 11) is 0. The zero-order valence-electron chi connectivity index (χ0n) is 15.4. The van der Waals surface area contributed by atoms with E-state index >= 15 is 0 Å². The lowest BCUT2D eigenvalue weighted by molar-refractivity contribution is 0.0696. The van der Waals surface area contributed by atoms with Crippen LogP contribution in [0.15, 0.2) is 18.5 Å². The molecular weight excluding hydrogens is 314 g/mol. The lowest BCUT2D eigenvalue weighted by Crippen LogP contribution is -2.40. The molecule has 1 aliphatic heterocycles. The van der Waals surface area contributed by atoms with E-state index in [0.29, 0.717) is 24.0 Å². The van der Waals surface area contributed by atoms with Crippen molar-refractivity contribution in [1.82, 2.24) is 24.4 Å². The highest BCUT2D eigenvalue weighted by atomic mass is 16.2. The van der Waals surface area contributed by atoms with Gasteiger partial charge in [0, 0.05) is 43.6 Å². The van der Waals surface area contributed by atoms with Crippen LogP contribution < -0.4 is 0 Å². The van der Waals surface area contributed by atoms with Crippen molar-refractivity contribution < 1.29 is 4.79 Å². The van der Waals surface area contributed by atoms with Crippen LogP contribution in [0.25, 0.3) is 0 Å². The number of aromatic nitrogens is 4. The quantitative estimate of drug-likeness (QED) is 0.838. The van der Waals surface area contributed by atoms with Crippen LogP contribution in [0.3, 0.4) is 0 Å². The fourth-order valence-electron chi connectivity index (χ4n) is 3.56. The Morgan fingerprint density at radius 3 is 2.92 bits per heavy atom. The number of amides is 1. The molecular formula is C19H27N5O. The Labute approximate surface area is 149 Å². The van der Waals surface area contributed by atoms with Crippen LogP contribution in [0.5, 0.6) is 0 Å². The largest absolute Gasteiger partial charge is 0.337 e. The molecule has 0 aromatic carbocycles. The van der Waals surface area contributed by atoms with Crippen LogP contribution in [0, 0.1) is 13.8 Å². The normalized spacial score (nSPS) is 17.7. The highest BCUT2D eigenvalue weighted by Gasteiger charge is 2.28. The molecule has 0 saturated carbocycles. The number of piperidine rings is 1. The first-order valence-electron chi connectivity index (χ1n) is 9.21. The summed E-state index contributed by atoms with van der Waals surface area (Å²) in [6.07, 6.45) is 8.33. The third kappa shape index (κ3) is 4.06. The predicted octanol–water partition coefficient (Wildman–Crippen LogP) is 3.11. The maximum atomic E-state index is 12.9. The number of aryl methyl sites for hydroxylation is 3. The Kier molecular flexibility index (Phi) is 5.46. The summed E-state index contributed by atoms with van der Waals surface area (Å²) in [5, 5.41) is 0. The van der Waals surface area contributed by atoms with E-state index in [9.17, 15) is 4.79 Å². The summed E-state index contributed by atoms with van der Waals surface area (Å²) in [6.45, 7) is 8.42. The van der Waals surface area contributed by atoms with Gasteiger partial charge >= 0.3 is 0 Å². The third-order valence-electron chi connectivity index (χ3n) is 4.76. The van der Waals surface area contributed by atoms with Crippen LogP contribution in [-0.4, -0.2) is 43.4 Å². The van der Waals surface area contributed by atoms with Crippen molar-refractivity contribution in [2.45, 2.75) is 58.9 Å². The average molecular weight is 341 g/mol. The second-order valence-electron chi connectivity index (χ2n) is 6.86. The minimum Gasteiger partial charge on any atom is -0.337 e. The summed E-state index contributed by atoms with van der Waals surface area (Å²) in [6, 6.07) is 1.78. The summed E-state index contributed by atoms with van der Waals surface area (Å²) < 4.78 is 2.25. The molecule has 0 spiro atoms. The van der Waals surface area contributed by atoms with E-state index in [1.54, 1.807) is 6.07 Å². The molecule has 0 N–H and O–H groups in total. The second-order valence-corrected chi connectivity index (χ2v) is 6.86. The van der Waals surface area contributed by atoms with Crippen molar-refractivity contribution in [2.75, 3.05) is 13.1 Å². The summed E-state index contributed by atoms with van der Waals surface area (Å²) >= 11 is 0. The van der Waals surface area contributed by atoms with Crippen molar-refractivity contribution in [1.29, 1.82) is 0 Å². The average Bonchev–Trinajstić information content (AvgIpc) is 3.07. The van der Waals surface area contributed by atoms with Crippen molar-refractivity contribution in [3.8, 4) is 0 Å². The number of hydrogen-bond donors (Lipinski definition) is 0. The zero-order valence-corrected chi connectivity index (χ0v) is 15.4. The molecule has 0 bridgehead atoms. The van der Waals surface area contributed by atoms with E-state index in [-0.39, 0.29) is 5.91 Å². The van der Waals surface area contributed by atoms with Gasteiger partial charge in [0.1, 0.15) is 17.3 Å². The molecule has 0 aliphatic carbocycles. The van der Waals surface area contributed by atoms with Gasteiger partial charge < -0.3 is 9.47 Å². The third-order valence-corrected chi connectivity index (χ3v) is 4.76. The minimum absolute atomic E-state index is 0.00460. The molecule has 2 aromatic rings. The van der Waals surface area contributed by atoms with Gasteiger partial charge in [0.25, 0.3) is 5.91 Å². The molecule has 3 heterocycles. The number of carbonyl (C=O) groups is 1. The van der Waals surface area contributed by atoms with Crippen LogP contribution in [-0.2, 0) is 6.54 Å². The van der Waals surface area contributed by atoms with E-state index in [4.69, 9.17) is 0 Å². The molecule has 1 unspecified atom stereocenters. The summed E-state index contributed by atoms with van der Waals surface area (Å²) in [4.78, 5) is 28.0. The van der Waals surface area contributed by atoms with Gasteiger partial charge in [0.2, 0.25) is 0 Å². The van der Waals surface area contributed by atoms with Crippen molar-refractivity contribution >= 4 is 5.91 Å². The van der Waals surface area contributed by atoms with E-state index < -0.39 is 0 Å². The van der Waals surface area contributed by atoms with Gasteiger partial charge in [-0.15, -0.1) is 0 Å². The maximum Gasteiger partial charge on any atom is 0.272 e. The van der Waals surface area contributed by atoms with Crippen molar-refractivity contribution in [3.63, 3.8) is 0 Å². The first-order valence-corrected chi connectivity index (χ1v) is 9.21. The Balaban J connectivity index is 1.75. The Hall–Kier alpha value is -2.24. The van der Waals surface area contributed by atoms with Gasteiger partial charge in [0.05, 0.1) is 0 Å². The monoisotopic (exact) mass is 341 g/mol. The molecule has 2 aromatic heterocycles. The van der Waals surface area contributed by atoms with Crippen LogP contribution in [0.4, 0.5) is 0 Å². The number of hydrogen-bond acceptors (Lipinski definition) is 4. The van der Waals surface area contributed by atoms with Crippen molar-refractivity contribution in [3.05, 3.63) is 41.5 Å². The van der Waals surface area contributed by atoms with Crippen LogP contribution in [0.2, 0.25) is 0 Å². The van der Waals surface area contributed by atoms with E-state index in [1.807, 2.05) is 24.9 Å². The highest BCUT2D eigenvalue weighted by molar-refractivity contribution is 5.92. The molecule has 6 nitrogen and oxygen atoms in total. The van der Waals surface area contributed by atoms with Crippen LogP contribution in [0.1, 0.15) is 66.4 Å². The standard InChI is InChI=1S/C19H27N5O/c1-4-5-9-23-11-8-20-18(23)16-7-6-10-24(13-16)19(25)17-12-14(2)21-15(3)22-17/h8,11-12,16H,4-7,9-10,13H2,1-3H3. The molecule has 25 heavy (non-hydrogen) atoms. The number of rotatable bonds is 5. The number of nitrogens with zero attached hydrogens (tertiary/aromatic N) is 5. The summed E-state index contributed by atoms with van der Waals surface area (Å²) in [5.74, 6) is 2.06. The Morgan fingerprint density at radius 1 is 1.32 bits per heavy atom. The smallest absolute Gasteiger partial charge is 0.272 e.